The highest BCUT2D eigenvalue weighted by atomic mass is 16.5. The van der Waals surface area contributed by atoms with Gasteiger partial charge in [0.15, 0.2) is 0 Å². The number of pyridine rings is 1. The van der Waals surface area contributed by atoms with Gasteiger partial charge >= 0.3 is 0 Å². The van der Waals surface area contributed by atoms with Crippen LogP contribution in [0, 0.1) is 6.92 Å². The van der Waals surface area contributed by atoms with E-state index < -0.39 is 0 Å². The number of imidazole rings is 1. The maximum absolute atomic E-state index is 5.10. The van der Waals surface area contributed by atoms with Gasteiger partial charge in [0.05, 0.1) is 19.5 Å². The highest BCUT2D eigenvalue weighted by Crippen LogP contribution is 2.07. The van der Waals surface area contributed by atoms with E-state index in [9.17, 15) is 0 Å². The summed E-state index contributed by atoms with van der Waals surface area (Å²) in [7, 11) is 19.0. The third-order valence-corrected chi connectivity index (χ3v) is 10.3. The number of nitrogens with zero attached hydrogens (tertiary/aromatic N) is 10. The molecular formula is C47H90N10O. The van der Waals surface area contributed by atoms with Crippen molar-refractivity contribution in [3.05, 3.63) is 79.1 Å². The lowest BCUT2D eigenvalue weighted by molar-refractivity contribution is 0.0503. The summed E-state index contributed by atoms with van der Waals surface area (Å²) >= 11 is 0. The standard InChI is InChI=1S/C8H11N.C7H17N.C6H14N2.C6H7N.C6H13N.C5H11NO.C5H11N.C4H6N2/c1-9(2)8-6-4-3-5-7-8;1-6(2)8(5)7(3)4;1-7-3-5-8(2)6-4-7;1-6-2-4-7-5-3-6;1-7-5-3-2-4-6-7;1-6-2-4-7-5-3-6;1-6-4-2-3-5-6;1-6-3-2-5-4-6/h3-7H,1-2H3;6-7H,1-5H3;3-6H2,1-2H3;2-5H,1H3;2-6H2,1H3;2-5H2,1H3;2-5H2,1H3;2-4H,1H3. The number of likely N-dealkylation sites (tertiary alicyclic amines) is 2. The number of aromatic nitrogens is 3. The van der Waals surface area contributed by atoms with Gasteiger partial charge in [-0.1, -0.05) is 24.6 Å². The van der Waals surface area contributed by atoms with Crippen LogP contribution in [-0.4, -0.2) is 191 Å². The molecule has 0 radical (unpaired) electrons. The number of hydrogen-bond donors (Lipinski definition) is 0. The molecule has 11 nitrogen and oxygen atoms in total. The van der Waals surface area contributed by atoms with Crippen LogP contribution in [0.1, 0.15) is 65.4 Å². The van der Waals surface area contributed by atoms with Gasteiger partial charge in [-0.15, -0.1) is 0 Å². The van der Waals surface area contributed by atoms with Gasteiger partial charge in [-0.2, -0.15) is 0 Å². The van der Waals surface area contributed by atoms with Crippen LogP contribution >= 0.6 is 0 Å². The average Bonchev–Trinajstić information content (AvgIpc) is 3.92. The smallest absolute Gasteiger partial charge is 0.0943 e. The van der Waals surface area contributed by atoms with E-state index in [0.717, 1.165) is 26.3 Å². The summed E-state index contributed by atoms with van der Waals surface area (Å²) in [5, 5.41) is 0. The second kappa shape index (κ2) is 36.0. The molecule has 6 heterocycles. The molecule has 0 unspecified atom stereocenters. The lowest BCUT2D eigenvalue weighted by atomic mass is 10.1. The molecule has 58 heavy (non-hydrogen) atoms. The van der Waals surface area contributed by atoms with Crippen molar-refractivity contribution in [2.75, 3.05) is 140 Å². The molecule has 2 aromatic heterocycles. The Hall–Kier alpha value is -2.90. The van der Waals surface area contributed by atoms with Crippen LogP contribution in [0.5, 0.6) is 0 Å². The van der Waals surface area contributed by atoms with E-state index in [-0.39, 0.29) is 0 Å². The fourth-order valence-corrected chi connectivity index (χ4v) is 5.56. The minimum absolute atomic E-state index is 0.676. The van der Waals surface area contributed by atoms with Crippen molar-refractivity contribution in [2.24, 2.45) is 7.05 Å². The largest absolute Gasteiger partial charge is 0.379 e. The first-order valence-corrected chi connectivity index (χ1v) is 21.9. The number of morpholine rings is 1. The number of aryl methyl sites for hydroxylation is 2. The maximum atomic E-state index is 5.10. The van der Waals surface area contributed by atoms with Crippen LogP contribution in [0.4, 0.5) is 5.69 Å². The molecular weight excluding hydrogens is 721 g/mol. The zero-order chi connectivity index (χ0) is 43.6. The molecule has 334 valence electrons. The molecule has 0 amide bonds. The third kappa shape index (κ3) is 34.0. The van der Waals surface area contributed by atoms with E-state index in [4.69, 9.17) is 4.74 Å². The van der Waals surface area contributed by atoms with E-state index in [1.165, 1.54) is 95.7 Å². The zero-order valence-corrected chi connectivity index (χ0v) is 40.0. The lowest BCUT2D eigenvalue weighted by Crippen LogP contribution is -2.42. The number of benzene rings is 1. The first kappa shape index (κ1) is 55.1. The van der Waals surface area contributed by atoms with Crippen molar-refractivity contribution in [3.8, 4) is 0 Å². The number of para-hydroxylation sites is 1. The summed E-state index contributed by atoms with van der Waals surface area (Å²) in [6, 6.07) is 15.6. The van der Waals surface area contributed by atoms with Crippen molar-refractivity contribution >= 4 is 5.69 Å². The van der Waals surface area contributed by atoms with Gasteiger partial charge in [-0.3, -0.25) is 4.98 Å². The van der Waals surface area contributed by atoms with Crippen LogP contribution in [0.15, 0.2) is 73.6 Å². The second-order valence-electron chi connectivity index (χ2n) is 16.7. The average molecular weight is 811 g/mol. The minimum Gasteiger partial charge on any atom is -0.379 e. The Balaban J connectivity index is 0.000000642. The number of hydrogen-bond acceptors (Lipinski definition) is 10. The van der Waals surface area contributed by atoms with Gasteiger partial charge in [0.2, 0.25) is 0 Å². The molecule has 0 bridgehead atoms. The molecule has 0 N–H and O–H groups in total. The Morgan fingerprint density at radius 3 is 1.14 bits per heavy atom. The SMILES string of the molecule is CC(C)N(C)C(C)C.CN(C)c1ccccc1.CN1CCCC1.CN1CCCCC1.CN1CCN(C)CC1.CN1CCOCC1.Cc1ccncc1.Cn1ccnc1. The summed E-state index contributed by atoms with van der Waals surface area (Å²) in [6.07, 6.45) is 16.1. The normalized spacial score (nSPS) is 17.4. The summed E-state index contributed by atoms with van der Waals surface area (Å²) in [5.74, 6) is 0. The summed E-state index contributed by atoms with van der Waals surface area (Å²) < 4.78 is 6.99. The fraction of sp³-hybridized carbons (Fsp3) is 0.702. The molecule has 0 aliphatic carbocycles. The van der Waals surface area contributed by atoms with Gasteiger partial charge in [-0.25, -0.2) is 4.98 Å². The summed E-state index contributed by atoms with van der Waals surface area (Å²) in [4.78, 5) is 23.8. The Kier molecular flexibility index (Phi) is 34.2. The molecule has 0 spiro atoms. The topological polar surface area (TPSA) is 62.6 Å². The Labute approximate surface area is 358 Å². The predicted octanol–water partition coefficient (Wildman–Crippen LogP) is 6.92. The van der Waals surface area contributed by atoms with Gasteiger partial charge in [0.25, 0.3) is 0 Å². The third-order valence-electron chi connectivity index (χ3n) is 10.3. The summed E-state index contributed by atoms with van der Waals surface area (Å²) in [6.45, 7) is 25.1. The number of piperidine rings is 1. The molecule has 0 saturated carbocycles. The van der Waals surface area contributed by atoms with E-state index in [0.29, 0.717) is 12.1 Å². The van der Waals surface area contributed by atoms with Crippen LogP contribution in [0.2, 0.25) is 0 Å². The molecule has 4 fully saturated rings. The van der Waals surface area contributed by atoms with Crippen molar-refractivity contribution in [2.45, 2.75) is 78.8 Å². The number of ether oxygens (including phenoxy) is 1. The van der Waals surface area contributed by atoms with Crippen molar-refractivity contribution in [3.63, 3.8) is 0 Å². The molecule has 4 aliphatic rings. The minimum atomic E-state index is 0.676. The van der Waals surface area contributed by atoms with Crippen LogP contribution < -0.4 is 4.90 Å². The van der Waals surface area contributed by atoms with Crippen molar-refractivity contribution in [1.82, 2.24) is 43.9 Å². The van der Waals surface area contributed by atoms with Gasteiger partial charge in [0.1, 0.15) is 0 Å². The van der Waals surface area contributed by atoms with Crippen molar-refractivity contribution in [1.29, 1.82) is 0 Å². The quantitative estimate of drug-likeness (QED) is 0.279. The molecule has 7 rings (SSSR count). The predicted molar refractivity (Wildman–Crippen MR) is 252 cm³/mol. The Morgan fingerprint density at radius 1 is 0.517 bits per heavy atom. The highest BCUT2D eigenvalue weighted by molar-refractivity contribution is 5.43. The summed E-state index contributed by atoms with van der Waals surface area (Å²) in [5.41, 5.74) is 2.51. The number of likely N-dealkylation sites (N-methyl/N-ethyl adjacent to an activating group) is 3. The first-order chi connectivity index (χ1) is 27.6. The lowest BCUT2D eigenvalue weighted by Gasteiger charge is -2.28. The molecule has 4 aliphatic heterocycles. The monoisotopic (exact) mass is 811 g/mol. The highest BCUT2D eigenvalue weighted by Gasteiger charge is 2.08. The van der Waals surface area contributed by atoms with E-state index in [1.807, 2.05) is 69.2 Å². The van der Waals surface area contributed by atoms with Crippen LogP contribution in [0.25, 0.3) is 0 Å². The van der Waals surface area contributed by atoms with E-state index >= 15 is 0 Å². The Bertz CT molecular complexity index is 1200. The van der Waals surface area contributed by atoms with E-state index in [1.54, 1.807) is 24.9 Å². The molecule has 1 aromatic carbocycles. The molecule has 4 saturated heterocycles. The van der Waals surface area contributed by atoms with Crippen LogP contribution in [-0.2, 0) is 11.8 Å². The molecule has 0 atom stereocenters. The zero-order valence-electron chi connectivity index (χ0n) is 40.0. The second-order valence-corrected chi connectivity index (χ2v) is 16.7. The van der Waals surface area contributed by atoms with Crippen LogP contribution in [0.3, 0.4) is 0 Å². The van der Waals surface area contributed by atoms with Crippen molar-refractivity contribution < 1.29 is 4.74 Å². The molecule has 3 aromatic rings. The number of anilines is 1. The van der Waals surface area contributed by atoms with Gasteiger partial charge in [-0.05, 0) is 159 Å². The Morgan fingerprint density at radius 2 is 0.931 bits per heavy atom. The van der Waals surface area contributed by atoms with E-state index in [2.05, 4.69) is 126 Å². The molecule has 11 heteroatoms. The first-order valence-electron chi connectivity index (χ1n) is 21.9. The van der Waals surface area contributed by atoms with Gasteiger partial charge in [0, 0.05) is 103 Å². The number of piperazine rings is 1. The fourth-order valence-electron chi connectivity index (χ4n) is 5.56. The number of rotatable bonds is 3. The maximum Gasteiger partial charge on any atom is 0.0943 e. The van der Waals surface area contributed by atoms with Gasteiger partial charge < -0.3 is 43.6 Å².